The molecule has 0 atom stereocenters. The summed E-state index contributed by atoms with van der Waals surface area (Å²) in [6, 6.07) is 13.5. The summed E-state index contributed by atoms with van der Waals surface area (Å²) in [6.07, 6.45) is -0.0342. The molecule has 0 aliphatic heterocycles. The normalized spacial score (nSPS) is 11.8. The maximum absolute atomic E-state index is 12.5. The summed E-state index contributed by atoms with van der Waals surface area (Å²) in [7, 11) is -3.70. The van der Waals surface area contributed by atoms with Crippen molar-refractivity contribution in [2.24, 2.45) is 0 Å². The average Bonchev–Trinajstić information content (AvgIpc) is 2.74. The highest BCUT2D eigenvalue weighted by Crippen LogP contribution is 2.23. The number of benzene rings is 2. The van der Waals surface area contributed by atoms with Crippen molar-refractivity contribution in [3.63, 3.8) is 0 Å². The Balaban J connectivity index is 1.93. The maximum Gasteiger partial charge on any atom is 0.253 e. The fourth-order valence-electron chi connectivity index (χ4n) is 3.16. The van der Waals surface area contributed by atoms with Crippen LogP contribution in [0.2, 0.25) is 0 Å². The molecule has 0 aliphatic carbocycles. The van der Waals surface area contributed by atoms with Crippen LogP contribution in [0.5, 0.6) is 0 Å². The van der Waals surface area contributed by atoms with Gasteiger partial charge < -0.3 is 10.2 Å². The van der Waals surface area contributed by atoms with Crippen LogP contribution in [0, 0.1) is 0 Å². The molecule has 0 aliphatic rings. The van der Waals surface area contributed by atoms with Crippen LogP contribution in [0.3, 0.4) is 0 Å². The molecule has 2 aromatic carbocycles. The maximum atomic E-state index is 12.5. The highest BCUT2D eigenvalue weighted by molar-refractivity contribution is 7.89. The molecule has 8 heteroatoms. The van der Waals surface area contributed by atoms with Crippen LogP contribution in [0.15, 0.2) is 53.4 Å². The number of carbonyl (C=O) groups is 2. The minimum Gasteiger partial charge on any atom is -0.339 e. The molecule has 0 unspecified atom stereocenters. The number of hydrogen-bond acceptors (Lipinski definition) is 4. The third kappa shape index (κ3) is 6.90. The van der Waals surface area contributed by atoms with Crippen LogP contribution in [-0.2, 0) is 20.2 Å². The Morgan fingerprint density at radius 3 is 2.16 bits per heavy atom. The summed E-state index contributed by atoms with van der Waals surface area (Å²) in [5.41, 5.74) is 1.96. The Bertz CT molecular complexity index is 1040. The Morgan fingerprint density at radius 2 is 1.59 bits per heavy atom. The Labute approximate surface area is 191 Å². The molecule has 0 heterocycles. The summed E-state index contributed by atoms with van der Waals surface area (Å²) in [5.74, 6) is -0.445. The molecule has 32 heavy (non-hydrogen) atoms. The van der Waals surface area contributed by atoms with Gasteiger partial charge in [-0.05, 0) is 55.2 Å². The van der Waals surface area contributed by atoms with Gasteiger partial charge >= 0.3 is 0 Å². The summed E-state index contributed by atoms with van der Waals surface area (Å²) in [5, 5.41) is 2.72. The molecule has 0 spiro atoms. The SMILES string of the molecule is CCN(CC)C(=O)c1cccc(NC(=O)CCNS(=O)(=O)c2ccc(C(C)(C)C)cc2)c1. The third-order valence-electron chi connectivity index (χ3n) is 5.12. The van der Waals surface area contributed by atoms with E-state index in [2.05, 4.69) is 30.8 Å². The van der Waals surface area contributed by atoms with Crippen LogP contribution in [0.4, 0.5) is 5.69 Å². The second-order valence-electron chi connectivity index (χ2n) is 8.53. The number of amides is 2. The Morgan fingerprint density at radius 1 is 0.969 bits per heavy atom. The molecule has 2 rings (SSSR count). The standard InChI is InChI=1S/C24H33N3O4S/c1-6-27(7-2)23(29)18-9-8-10-20(17-18)26-22(28)15-16-25-32(30,31)21-13-11-19(12-14-21)24(3,4)5/h8-14,17,25H,6-7,15-16H2,1-5H3,(H,26,28). The van der Waals surface area contributed by atoms with Gasteiger partial charge in [0, 0.05) is 37.3 Å². The van der Waals surface area contributed by atoms with E-state index < -0.39 is 10.0 Å². The average molecular weight is 460 g/mol. The lowest BCUT2D eigenvalue weighted by molar-refractivity contribution is -0.116. The Kier molecular flexibility index (Phi) is 8.58. The highest BCUT2D eigenvalue weighted by atomic mass is 32.2. The lowest BCUT2D eigenvalue weighted by Crippen LogP contribution is -2.30. The van der Waals surface area contributed by atoms with E-state index in [9.17, 15) is 18.0 Å². The van der Waals surface area contributed by atoms with Crippen LogP contribution in [-0.4, -0.2) is 44.8 Å². The highest BCUT2D eigenvalue weighted by Gasteiger charge is 2.18. The van der Waals surface area contributed by atoms with E-state index in [0.717, 1.165) is 5.56 Å². The van der Waals surface area contributed by atoms with Crippen LogP contribution < -0.4 is 10.0 Å². The van der Waals surface area contributed by atoms with Gasteiger partial charge in [0.05, 0.1) is 4.90 Å². The number of rotatable bonds is 9. The van der Waals surface area contributed by atoms with Gasteiger partial charge in [-0.25, -0.2) is 13.1 Å². The van der Waals surface area contributed by atoms with Gasteiger partial charge in [0.15, 0.2) is 0 Å². The predicted octanol–water partition coefficient (Wildman–Crippen LogP) is 3.77. The molecule has 2 amide bonds. The molecular weight excluding hydrogens is 426 g/mol. The zero-order chi connectivity index (χ0) is 23.9. The van der Waals surface area contributed by atoms with Gasteiger partial charge in [-0.2, -0.15) is 0 Å². The third-order valence-corrected chi connectivity index (χ3v) is 6.60. The predicted molar refractivity (Wildman–Crippen MR) is 127 cm³/mol. The molecule has 0 saturated carbocycles. The topological polar surface area (TPSA) is 95.6 Å². The molecule has 174 valence electrons. The van der Waals surface area contributed by atoms with Crippen molar-refractivity contribution in [3.05, 3.63) is 59.7 Å². The quantitative estimate of drug-likeness (QED) is 0.597. The lowest BCUT2D eigenvalue weighted by atomic mass is 9.87. The summed E-state index contributed by atoms with van der Waals surface area (Å²) in [4.78, 5) is 26.6. The molecule has 0 radical (unpaired) electrons. The van der Waals surface area contributed by atoms with Gasteiger partial charge in [-0.1, -0.05) is 39.0 Å². The number of nitrogens with one attached hydrogen (secondary N) is 2. The number of anilines is 1. The fourth-order valence-corrected chi connectivity index (χ4v) is 4.20. The van der Waals surface area contributed by atoms with E-state index in [-0.39, 0.29) is 35.1 Å². The first-order valence-electron chi connectivity index (χ1n) is 10.8. The molecule has 2 N–H and O–H groups in total. The largest absolute Gasteiger partial charge is 0.339 e. The zero-order valence-electron chi connectivity index (χ0n) is 19.4. The first-order valence-corrected chi connectivity index (χ1v) is 12.3. The first kappa shape index (κ1) is 25.5. The summed E-state index contributed by atoms with van der Waals surface area (Å²) in [6.45, 7) is 11.2. The van der Waals surface area contributed by atoms with E-state index in [4.69, 9.17) is 0 Å². The smallest absolute Gasteiger partial charge is 0.253 e. The van der Waals surface area contributed by atoms with Crippen molar-refractivity contribution in [1.82, 2.24) is 9.62 Å². The van der Waals surface area contributed by atoms with Crippen LogP contribution >= 0.6 is 0 Å². The molecular formula is C24H33N3O4S. The Hall–Kier alpha value is -2.71. The molecule has 0 bridgehead atoms. The van der Waals surface area contributed by atoms with Crippen molar-refractivity contribution in [2.75, 3.05) is 25.0 Å². The number of nitrogens with zero attached hydrogens (tertiary/aromatic N) is 1. The van der Waals surface area contributed by atoms with Crippen LogP contribution in [0.1, 0.15) is 57.0 Å². The van der Waals surface area contributed by atoms with Gasteiger partial charge in [0.2, 0.25) is 15.9 Å². The van der Waals surface area contributed by atoms with Crippen molar-refractivity contribution in [1.29, 1.82) is 0 Å². The van der Waals surface area contributed by atoms with Crippen molar-refractivity contribution < 1.29 is 18.0 Å². The van der Waals surface area contributed by atoms with E-state index in [1.165, 1.54) is 0 Å². The van der Waals surface area contributed by atoms with Crippen LogP contribution in [0.25, 0.3) is 0 Å². The van der Waals surface area contributed by atoms with E-state index in [0.29, 0.717) is 24.3 Å². The van der Waals surface area contributed by atoms with E-state index in [1.807, 2.05) is 13.8 Å². The number of carbonyl (C=O) groups excluding carboxylic acids is 2. The molecule has 0 aromatic heterocycles. The lowest BCUT2D eigenvalue weighted by Gasteiger charge is -2.19. The first-order chi connectivity index (χ1) is 15.0. The monoisotopic (exact) mass is 459 g/mol. The van der Waals surface area contributed by atoms with E-state index in [1.54, 1.807) is 53.4 Å². The molecule has 7 nitrogen and oxygen atoms in total. The van der Waals surface area contributed by atoms with Gasteiger partial charge in [-0.3, -0.25) is 9.59 Å². The summed E-state index contributed by atoms with van der Waals surface area (Å²) < 4.78 is 27.4. The summed E-state index contributed by atoms with van der Waals surface area (Å²) >= 11 is 0. The molecule has 0 fully saturated rings. The molecule has 0 saturated heterocycles. The fraction of sp³-hybridized carbons (Fsp3) is 0.417. The van der Waals surface area contributed by atoms with Gasteiger partial charge in [-0.15, -0.1) is 0 Å². The second-order valence-corrected chi connectivity index (χ2v) is 10.3. The van der Waals surface area contributed by atoms with Crippen molar-refractivity contribution in [2.45, 2.75) is 51.3 Å². The minimum absolute atomic E-state index is 0.0342. The number of sulfonamides is 1. The van der Waals surface area contributed by atoms with Crippen molar-refractivity contribution in [3.8, 4) is 0 Å². The van der Waals surface area contributed by atoms with E-state index >= 15 is 0 Å². The van der Waals surface area contributed by atoms with Gasteiger partial charge in [0.1, 0.15) is 0 Å². The zero-order valence-corrected chi connectivity index (χ0v) is 20.3. The van der Waals surface area contributed by atoms with Crippen molar-refractivity contribution >= 4 is 27.5 Å². The minimum atomic E-state index is -3.70. The second kappa shape index (κ2) is 10.7. The molecule has 2 aromatic rings. The number of hydrogen-bond donors (Lipinski definition) is 2. The van der Waals surface area contributed by atoms with Gasteiger partial charge in [0.25, 0.3) is 5.91 Å².